The van der Waals surface area contributed by atoms with Crippen LogP contribution in [0.3, 0.4) is 0 Å². The minimum Gasteiger partial charge on any atom is -0.442 e. The Morgan fingerprint density at radius 1 is 1.13 bits per heavy atom. The lowest BCUT2D eigenvalue weighted by molar-refractivity contribution is -0.136. The summed E-state index contributed by atoms with van der Waals surface area (Å²) in [5.74, 6) is 0. The predicted molar refractivity (Wildman–Crippen MR) is 59.4 cm³/mol. The van der Waals surface area contributed by atoms with Crippen molar-refractivity contribution in [2.75, 3.05) is 13.7 Å². The predicted octanol–water partition coefficient (Wildman–Crippen LogP) is 2.83. The third-order valence-corrected chi connectivity index (χ3v) is 1.44. The highest BCUT2D eigenvalue weighted by Gasteiger charge is 2.26. The molecule has 90 valence electrons. The molecule has 0 aromatic carbocycles. The summed E-state index contributed by atoms with van der Waals surface area (Å²) in [4.78, 5) is 16.6. The summed E-state index contributed by atoms with van der Waals surface area (Å²) in [5, 5.41) is 1.24. The van der Waals surface area contributed by atoms with Crippen LogP contribution in [-0.4, -0.2) is 30.4 Å². The largest absolute Gasteiger partial charge is 0.442 e. The van der Waals surface area contributed by atoms with Crippen molar-refractivity contribution in [2.24, 2.45) is 5.41 Å². The van der Waals surface area contributed by atoms with E-state index in [1.807, 2.05) is 41.5 Å². The molecule has 4 heteroatoms. The minimum atomic E-state index is -0.494. The second-order valence-corrected chi connectivity index (χ2v) is 5.76. The molecule has 0 unspecified atom stereocenters. The van der Waals surface area contributed by atoms with Gasteiger partial charge in [-0.2, -0.15) is 5.06 Å². The number of carbonyl (C=O) groups excluding carboxylic acids is 1. The first-order chi connectivity index (χ1) is 6.55. The average Bonchev–Trinajstić information content (AvgIpc) is 1.94. The normalized spacial score (nSPS) is 12.5. The number of hydrogen-bond acceptors (Lipinski definition) is 3. The monoisotopic (exact) mass is 217 g/mol. The zero-order valence-corrected chi connectivity index (χ0v) is 10.9. The summed E-state index contributed by atoms with van der Waals surface area (Å²) >= 11 is 0. The van der Waals surface area contributed by atoms with Crippen molar-refractivity contribution in [3.05, 3.63) is 0 Å². The number of ether oxygens (including phenoxy) is 1. The van der Waals surface area contributed by atoms with Crippen LogP contribution in [0.25, 0.3) is 0 Å². The van der Waals surface area contributed by atoms with Crippen molar-refractivity contribution in [3.63, 3.8) is 0 Å². The van der Waals surface area contributed by atoms with Crippen LogP contribution in [0.5, 0.6) is 0 Å². The Kier molecular flexibility index (Phi) is 4.59. The van der Waals surface area contributed by atoms with Crippen LogP contribution < -0.4 is 0 Å². The van der Waals surface area contributed by atoms with Gasteiger partial charge in [0.2, 0.25) is 0 Å². The summed E-state index contributed by atoms with van der Waals surface area (Å²) in [6.07, 6.45) is -0.445. The van der Waals surface area contributed by atoms with Gasteiger partial charge < -0.3 is 4.74 Å². The van der Waals surface area contributed by atoms with Gasteiger partial charge in [-0.1, -0.05) is 20.8 Å². The van der Waals surface area contributed by atoms with Gasteiger partial charge in [0, 0.05) is 0 Å². The zero-order valence-electron chi connectivity index (χ0n) is 10.9. The molecule has 0 fully saturated rings. The standard InChI is InChI=1S/C11H23NO3/c1-10(2,3)8-12(14-7)9(13)15-11(4,5)6/h8H2,1-7H3. The van der Waals surface area contributed by atoms with E-state index in [4.69, 9.17) is 9.57 Å². The molecule has 0 aromatic heterocycles. The summed E-state index contributed by atoms with van der Waals surface area (Å²) in [6.45, 7) is 12.1. The summed E-state index contributed by atoms with van der Waals surface area (Å²) in [7, 11) is 1.47. The van der Waals surface area contributed by atoms with Crippen LogP contribution in [0, 0.1) is 5.41 Å². The van der Waals surface area contributed by atoms with Crippen LogP contribution in [-0.2, 0) is 9.57 Å². The average molecular weight is 217 g/mol. The molecule has 0 heterocycles. The number of amides is 1. The van der Waals surface area contributed by atoms with Gasteiger partial charge in [-0.15, -0.1) is 0 Å². The van der Waals surface area contributed by atoms with Gasteiger partial charge in [-0.05, 0) is 26.2 Å². The maximum Gasteiger partial charge on any atom is 0.434 e. The van der Waals surface area contributed by atoms with E-state index in [0.717, 1.165) is 0 Å². The van der Waals surface area contributed by atoms with E-state index >= 15 is 0 Å². The van der Waals surface area contributed by atoms with Gasteiger partial charge >= 0.3 is 6.09 Å². The molecule has 0 atom stereocenters. The Morgan fingerprint density at radius 3 is 1.87 bits per heavy atom. The highest BCUT2D eigenvalue weighted by atomic mass is 16.7. The van der Waals surface area contributed by atoms with Crippen molar-refractivity contribution >= 4 is 6.09 Å². The van der Waals surface area contributed by atoms with Crippen LogP contribution in [0.4, 0.5) is 4.79 Å². The Bertz CT molecular complexity index is 213. The molecule has 0 spiro atoms. The number of carbonyl (C=O) groups is 1. The highest BCUT2D eigenvalue weighted by molar-refractivity contribution is 5.66. The quantitative estimate of drug-likeness (QED) is 0.668. The first kappa shape index (κ1) is 14.2. The Balaban J connectivity index is 4.36. The molecule has 15 heavy (non-hydrogen) atoms. The van der Waals surface area contributed by atoms with Gasteiger partial charge in [0.15, 0.2) is 0 Å². The van der Waals surface area contributed by atoms with Crippen molar-refractivity contribution in [1.29, 1.82) is 0 Å². The summed E-state index contributed by atoms with van der Waals surface area (Å²) in [6, 6.07) is 0. The molecule has 4 nitrogen and oxygen atoms in total. The second kappa shape index (κ2) is 4.84. The fourth-order valence-corrected chi connectivity index (χ4v) is 0.947. The molecule has 1 amide bonds. The molecule has 0 aliphatic heterocycles. The lowest BCUT2D eigenvalue weighted by Gasteiger charge is -2.29. The molecule has 0 saturated carbocycles. The second-order valence-electron chi connectivity index (χ2n) is 5.76. The Hall–Kier alpha value is -0.770. The molecular weight excluding hydrogens is 194 g/mol. The van der Waals surface area contributed by atoms with E-state index in [2.05, 4.69) is 0 Å². The maximum absolute atomic E-state index is 11.6. The third-order valence-electron chi connectivity index (χ3n) is 1.44. The number of nitrogens with zero attached hydrogens (tertiary/aromatic N) is 1. The number of rotatable bonds is 2. The van der Waals surface area contributed by atoms with Gasteiger partial charge in [-0.3, -0.25) is 4.84 Å². The number of hydrogen-bond donors (Lipinski definition) is 0. The molecule has 0 N–H and O–H groups in total. The van der Waals surface area contributed by atoms with Gasteiger partial charge in [0.25, 0.3) is 0 Å². The van der Waals surface area contributed by atoms with Crippen LogP contribution in [0.1, 0.15) is 41.5 Å². The van der Waals surface area contributed by atoms with Crippen molar-refractivity contribution in [1.82, 2.24) is 5.06 Å². The van der Waals surface area contributed by atoms with E-state index in [1.54, 1.807) is 0 Å². The Morgan fingerprint density at radius 2 is 1.60 bits per heavy atom. The first-order valence-electron chi connectivity index (χ1n) is 5.10. The maximum atomic E-state index is 11.6. The fourth-order valence-electron chi connectivity index (χ4n) is 0.947. The molecular formula is C11H23NO3. The van der Waals surface area contributed by atoms with Crippen molar-refractivity contribution in [2.45, 2.75) is 47.1 Å². The smallest absolute Gasteiger partial charge is 0.434 e. The van der Waals surface area contributed by atoms with Crippen LogP contribution in [0.2, 0.25) is 0 Å². The van der Waals surface area contributed by atoms with Crippen molar-refractivity contribution in [3.8, 4) is 0 Å². The first-order valence-corrected chi connectivity index (χ1v) is 5.10. The van der Waals surface area contributed by atoms with Gasteiger partial charge in [0.05, 0.1) is 13.7 Å². The summed E-state index contributed by atoms with van der Waals surface area (Å²) in [5.41, 5.74) is -0.515. The minimum absolute atomic E-state index is 0.0209. The van der Waals surface area contributed by atoms with Crippen LogP contribution >= 0.6 is 0 Å². The Labute approximate surface area is 92.5 Å². The molecule has 0 rings (SSSR count). The third kappa shape index (κ3) is 7.19. The van der Waals surface area contributed by atoms with E-state index in [-0.39, 0.29) is 5.41 Å². The lowest BCUT2D eigenvalue weighted by Crippen LogP contribution is -2.40. The lowest BCUT2D eigenvalue weighted by atomic mass is 9.97. The topological polar surface area (TPSA) is 38.8 Å². The van der Waals surface area contributed by atoms with E-state index in [0.29, 0.717) is 6.54 Å². The highest BCUT2D eigenvalue weighted by Crippen LogP contribution is 2.17. The van der Waals surface area contributed by atoms with Crippen molar-refractivity contribution < 1.29 is 14.4 Å². The molecule has 0 aliphatic carbocycles. The summed E-state index contributed by atoms with van der Waals surface area (Å²) < 4.78 is 5.20. The molecule has 0 saturated heterocycles. The van der Waals surface area contributed by atoms with E-state index in [1.165, 1.54) is 12.2 Å². The van der Waals surface area contributed by atoms with E-state index in [9.17, 15) is 4.79 Å². The van der Waals surface area contributed by atoms with E-state index < -0.39 is 11.7 Å². The SMILES string of the molecule is CON(CC(C)(C)C)C(=O)OC(C)(C)C. The van der Waals surface area contributed by atoms with Gasteiger partial charge in [0.1, 0.15) is 5.60 Å². The zero-order chi connectivity index (χ0) is 12.3. The van der Waals surface area contributed by atoms with Crippen LogP contribution in [0.15, 0.2) is 0 Å². The molecule has 0 radical (unpaired) electrons. The molecule has 0 aliphatic rings. The fraction of sp³-hybridized carbons (Fsp3) is 0.909. The number of hydroxylamine groups is 2. The van der Waals surface area contributed by atoms with Gasteiger partial charge in [-0.25, -0.2) is 4.79 Å². The molecule has 0 aromatic rings. The molecule has 0 bridgehead atoms.